The molecule has 2 amide bonds. The predicted molar refractivity (Wildman–Crippen MR) is 89.1 cm³/mol. The summed E-state index contributed by atoms with van der Waals surface area (Å²) in [6.45, 7) is 5.17. The van der Waals surface area contributed by atoms with Crippen molar-refractivity contribution in [2.24, 2.45) is 11.8 Å². The molecule has 0 spiro atoms. The van der Waals surface area contributed by atoms with Gasteiger partial charge < -0.3 is 15.0 Å². The largest absolute Gasteiger partial charge is 0.444 e. The Hall–Kier alpha value is -1.35. The summed E-state index contributed by atoms with van der Waals surface area (Å²) in [7, 11) is -0.858. The molecule has 0 bridgehead atoms. The number of rotatable bonds is 4. The van der Waals surface area contributed by atoms with Crippen LogP contribution in [0.2, 0.25) is 0 Å². The highest BCUT2D eigenvalue weighted by atomic mass is 32.2. The zero-order valence-corrected chi connectivity index (χ0v) is 15.7. The summed E-state index contributed by atoms with van der Waals surface area (Å²) in [6, 6.07) is -0.551. The quantitative estimate of drug-likeness (QED) is 0.727. The maximum atomic E-state index is 12.2. The minimum absolute atomic E-state index is 0.0590. The Morgan fingerprint density at radius 1 is 1.25 bits per heavy atom. The Morgan fingerprint density at radius 2 is 1.83 bits per heavy atom. The fourth-order valence-corrected chi connectivity index (χ4v) is 3.87. The molecule has 1 saturated carbocycles. The van der Waals surface area contributed by atoms with E-state index in [1.54, 1.807) is 34.9 Å². The highest BCUT2D eigenvalue weighted by Gasteiger charge is 2.37. The summed E-state index contributed by atoms with van der Waals surface area (Å²) in [6.07, 6.45) is 0.593. The van der Waals surface area contributed by atoms with Gasteiger partial charge in [-0.25, -0.2) is 4.79 Å². The molecule has 0 unspecified atom stereocenters. The molecule has 0 aliphatic heterocycles. The van der Waals surface area contributed by atoms with E-state index in [0.29, 0.717) is 19.3 Å². The van der Waals surface area contributed by atoms with Gasteiger partial charge in [0.2, 0.25) is 5.91 Å². The number of alkyl carbamates (subject to hydrolysis) is 1. The molecule has 24 heavy (non-hydrogen) atoms. The van der Waals surface area contributed by atoms with E-state index in [1.165, 1.54) is 4.90 Å². The first kappa shape index (κ1) is 20.7. The average molecular weight is 364 g/mol. The highest BCUT2D eigenvalue weighted by molar-refractivity contribution is 7.85. The Labute approximate surface area is 143 Å². The van der Waals surface area contributed by atoms with Crippen molar-refractivity contribution < 1.29 is 27.3 Å². The van der Waals surface area contributed by atoms with Crippen molar-refractivity contribution in [3.63, 3.8) is 0 Å². The third-order valence-electron chi connectivity index (χ3n) is 3.91. The second-order valence-corrected chi connectivity index (χ2v) is 9.00. The minimum atomic E-state index is -4.17. The van der Waals surface area contributed by atoms with Crippen molar-refractivity contribution in [2.75, 3.05) is 19.8 Å². The predicted octanol–water partition coefficient (Wildman–Crippen LogP) is 1.27. The highest BCUT2D eigenvalue weighted by Crippen LogP contribution is 2.31. The third-order valence-corrected chi connectivity index (χ3v) is 4.76. The normalized spacial score (nSPS) is 25.0. The molecule has 1 aliphatic rings. The zero-order chi connectivity index (χ0) is 18.7. The third kappa shape index (κ3) is 7.04. The average Bonchev–Trinajstić information content (AvgIpc) is 2.35. The van der Waals surface area contributed by atoms with Crippen LogP contribution in [0.1, 0.15) is 40.0 Å². The van der Waals surface area contributed by atoms with Crippen LogP contribution in [0.25, 0.3) is 0 Å². The summed E-state index contributed by atoms with van der Waals surface area (Å²) in [5.74, 6) is -1.26. The molecule has 1 fully saturated rings. The summed E-state index contributed by atoms with van der Waals surface area (Å²) in [4.78, 5) is 25.7. The molecule has 0 heterocycles. The van der Waals surface area contributed by atoms with Gasteiger partial charge in [0.15, 0.2) is 0 Å². The van der Waals surface area contributed by atoms with Gasteiger partial charge in [0.25, 0.3) is 10.1 Å². The van der Waals surface area contributed by atoms with E-state index >= 15 is 0 Å². The van der Waals surface area contributed by atoms with Gasteiger partial charge in [0.05, 0.1) is 5.75 Å². The van der Waals surface area contributed by atoms with Gasteiger partial charge >= 0.3 is 6.09 Å². The first-order chi connectivity index (χ1) is 10.8. The van der Waals surface area contributed by atoms with Crippen LogP contribution in [0.15, 0.2) is 0 Å². The first-order valence-corrected chi connectivity index (χ1v) is 9.55. The van der Waals surface area contributed by atoms with Gasteiger partial charge in [-0.15, -0.1) is 0 Å². The number of hydrogen-bond acceptors (Lipinski definition) is 5. The van der Waals surface area contributed by atoms with Crippen molar-refractivity contribution in [3.05, 3.63) is 0 Å². The molecule has 1 aliphatic carbocycles. The van der Waals surface area contributed by atoms with E-state index < -0.39 is 39.5 Å². The molecule has 2 N–H and O–H groups in total. The van der Waals surface area contributed by atoms with Crippen LogP contribution in [0.5, 0.6) is 0 Å². The lowest BCUT2D eigenvalue weighted by molar-refractivity contribution is -0.134. The Bertz CT molecular complexity index is 567. The van der Waals surface area contributed by atoms with E-state index in [9.17, 15) is 18.0 Å². The molecular weight excluding hydrogens is 336 g/mol. The van der Waals surface area contributed by atoms with E-state index in [-0.39, 0.29) is 11.8 Å². The molecular formula is C15H28N2O6S. The molecule has 0 aromatic carbocycles. The summed E-state index contributed by atoms with van der Waals surface area (Å²) < 4.78 is 36.8. The van der Waals surface area contributed by atoms with Gasteiger partial charge in [0.1, 0.15) is 5.60 Å². The van der Waals surface area contributed by atoms with E-state index in [4.69, 9.17) is 9.29 Å². The Balaban J connectivity index is 2.86. The maximum Gasteiger partial charge on any atom is 0.407 e. The molecule has 0 aromatic heterocycles. The number of amides is 2. The van der Waals surface area contributed by atoms with Gasteiger partial charge in [-0.1, -0.05) is 0 Å². The molecule has 9 heteroatoms. The lowest BCUT2D eigenvalue weighted by Gasteiger charge is -2.36. The first-order valence-electron chi connectivity index (χ1n) is 7.94. The monoisotopic (exact) mass is 364 g/mol. The standard InChI is InChI=1S/C15H28N2O6S/c1-15(2,3)23-14(19)16-12-8-10(13(18)17(4)5)6-7-11(12)9-24(20,21)22/h10-12H,6-9H2,1-5H3,(H,16,19)(H,20,21,22)/t10-,11-,12-/m0/s1. The summed E-state index contributed by atoms with van der Waals surface area (Å²) >= 11 is 0. The van der Waals surface area contributed by atoms with Gasteiger partial charge in [-0.05, 0) is 46.0 Å². The fourth-order valence-electron chi connectivity index (χ4n) is 2.93. The second-order valence-electron chi connectivity index (χ2n) is 7.50. The molecule has 0 aromatic rings. The number of carbonyl (C=O) groups is 2. The van der Waals surface area contributed by atoms with Crippen LogP contribution in [-0.2, 0) is 19.6 Å². The van der Waals surface area contributed by atoms with E-state index in [1.807, 2.05) is 0 Å². The number of nitrogens with one attached hydrogen (secondary N) is 1. The smallest absolute Gasteiger partial charge is 0.407 e. The maximum absolute atomic E-state index is 12.2. The van der Waals surface area contributed by atoms with Crippen molar-refractivity contribution in [1.29, 1.82) is 0 Å². The molecule has 3 atom stereocenters. The topological polar surface area (TPSA) is 113 Å². The number of ether oxygens (including phenoxy) is 1. The van der Waals surface area contributed by atoms with Crippen LogP contribution >= 0.6 is 0 Å². The molecule has 0 radical (unpaired) electrons. The van der Waals surface area contributed by atoms with Crippen molar-refractivity contribution >= 4 is 22.1 Å². The molecule has 1 rings (SSSR count). The van der Waals surface area contributed by atoms with Crippen molar-refractivity contribution in [2.45, 2.75) is 51.7 Å². The van der Waals surface area contributed by atoms with Gasteiger partial charge in [-0.3, -0.25) is 9.35 Å². The molecule has 8 nitrogen and oxygen atoms in total. The number of hydrogen-bond donors (Lipinski definition) is 2. The fraction of sp³-hybridized carbons (Fsp3) is 0.867. The lowest BCUT2D eigenvalue weighted by atomic mass is 9.78. The number of nitrogens with zero attached hydrogens (tertiary/aromatic N) is 1. The van der Waals surface area contributed by atoms with Crippen molar-refractivity contribution in [1.82, 2.24) is 10.2 Å². The molecule has 140 valence electrons. The van der Waals surface area contributed by atoms with E-state index in [0.717, 1.165) is 0 Å². The van der Waals surface area contributed by atoms with Crippen LogP contribution in [0, 0.1) is 11.8 Å². The van der Waals surface area contributed by atoms with Crippen LogP contribution in [-0.4, -0.2) is 61.4 Å². The van der Waals surface area contributed by atoms with Crippen LogP contribution in [0.3, 0.4) is 0 Å². The lowest BCUT2D eigenvalue weighted by Crippen LogP contribution is -2.49. The van der Waals surface area contributed by atoms with E-state index in [2.05, 4.69) is 5.32 Å². The van der Waals surface area contributed by atoms with Gasteiger partial charge in [-0.2, -0.15) is 8.42 Å². The van der Waals surface area contributed by atoms with Gasteiger partial charge in [0, 0.05) is 26.1 Å². The van der Waals surface area contributed by atoms with Crippen LogP contribution in [0.4, 0.5) is 4.79 Å². The second kappa shape index (κ2) is 7.69. The van der Waals surface area contributed by atoms with Crippen molar-refractivity contribution in [3.8, 4) is 0 Å². The SMILES string of the molecule is CN(C)C(=O)[C@H]1CC[C@@H](CS(=O)(=O)O)[C@@H](NC(=O)OC(C)(C)C)C1. The summed E-state index contributed by atoms with van der Waals surface area (Å²) in [5, 5.41) is 2.66. The van der Waals surface area contributed by atoms with Crippen LogP contribution < -0.4 is 5.32 Å². The Kier molecular flexibility index (Phi) is 6.63. The Morgan fingerprint density at radius 3 is 2.29 bits per heavy atom. The molecule has 0 saturated heterocycles. The number of carbonyl (C=O) groups excluding carboxylic acids is 2. The summed E-state index contributed by atoms with van der Waals surface area (Å²) in [5.41, 5.74) is -0.684. The minimum Gasteiger partial charge on any atom is -0.444 e. The zero-order valence-electron chi connectivity index (χ0n) is 14.9.